The predicted molar refractivity (Wildman–Crippen MR) is 67.0 cm³/mol. The van der Waals surface area contributed by atoms with Crippen molar-refractivity contribution in [3.05, 3.63) is 40.1 Å². The zero-order chi connectivity index (χ0) is 16.3. The second-order valence-corrected chi connectivity index (χ2v) is 5.60. The summed E-state index contributed by atoms with van der Waals surface area (Å²) in [5, 5.41) is 10.6. The van der Waals surface area contributed by atoms with E-state index in [0.717, 1.165) is 24.5 Å². The van der Waals surface area contributed by atoms with Crippen LogP contribution in [0.2, 0.25) is 0 Å². The lowest BCUT2D eigenvalue weighted by Gasteiger charge is -2.10. The number of nitro benzene ring substituents is 1. The Morgan fingerprint density at radius 2 is 2.00 bits per heavy atom. The molecule has 10 heteroatoms. The van der Waals surface area contributed by atoms with Crippen molar-refractivity contribution >= 4 is 21.6 Å². The summed E-state index contributed by atoms with van der Waals surface area (Å²) in [6.07, 6.45) is 2.00. The Kier molecular flexibility index (Phi) is 4.94. The minimum absolute atomic E-state index is 0.227. The normalized spacial score (nSPS) is 12.6. The Morgan fingerprint density at radius 1 is 1.38 bits per heavy atom. The van der Waals surface area contributed by atoms with Crippen LogP contribution in [0.1, 0.15) is 12.5 Å². The maximum absolute atomic E-state index is 12.6. The van der Waals surface area contributed by atoms with Gasteiger partial charge in [-0.05, 0) is 24.6 Å². The lowest BCUT2D eigenvalue weighted by molar-refractivity contribution is -0.385. The number of nitro groups is 1. The number of rotatable bonds is 5. The van der Waals surface area contributed by atoms with Gasteiger partial charge in [0.25, 0.3) is 15.5 Å². The monoisotopic (exact) mass is 325 g/mol. The molecule has 0 aliphatic rings. The molecule has 0 atom stereocenters. The van der Waals surface area contributed by atoms with Crippen molar-refractivity contribution in [3.8, 4) is 0 Å². The first-order chi connectivity index (χ1) is 9.61. The summed E-state index contributed by atoms with van der Waals surface area (Å²) in [5.74, 6) is 0. The molecule has 0 heterocycles. The number of non-ortho nitro benzene ring substituents is 1. The van der Waals surface area contributed by atoms with E-state index in [1.54, 1.807) is 6.92 Å². The van der Waals surface area contributed by atoms with Crippen LogP contribution < -0.4 is 0 Å². The third-order valence-corrected chi connectivity index (χ3v) is 3.85. The fourth-order valence-corrected chi connectivity index (χ4v) is 2.32. The molecular formula is C11H10F3NO5S. The molecule has 0 spiro atoms. The average Bonchev–Trinajstić information content (AvgIpc) is 2.37. The molecule has 0 aromatic heterocycles. The van der Waals surface area contributed by atoms with E-state index in [4.69, 9.17) is 4.74 Å². The van der Waals surface area contributed by atoms with Gasteiger partial charge in [0.05, 0.1) is 22.7 Å². The van der Waals surface area contributed by atoms with E-state index in [1.165, 1.54) is 0 Å². The Labute approximate surface area is 117 Å². The van der Waals surface area contributed by atoms with E-state index in [0.29, 0.717) is 6.07 Å². The second-order valence-electron chi connectivity index (χ2n) is 3.69. The van der Waals surface area contributed by atoms with Crippen LogP contribution >= 0.6 is 0 Å². The van der Waals surface area contributed by atoms with Crippen molar-refractivity contribution in [2.24, 2.45) is 0 Å². The Bertz CT molecular complexity index is 667. The van der Waals surface area contributed by atoms with Gasteiger partial charge in [0.15, 0.2) is 0 Å². The molecular weight excluding hydrogens is 315 g/mol. The summed E-state index contributed by atoms with van der Waals surface area (Å²) in [6.45, 7) is 1.85. The van der Waals surface area contributed by atoms with Crippen molar-refractivity contribution in [3.63, 3.8) is 0 Å². The SMILES string of the molecule is CCO/C=C/c1ccc([N+](=O)[O-])cc1S(=O)(=O)C(F)(F)F. The molecule has 0 aliphatic heterocycles. The van der Waals surface area contributed by atoms with Crippen LogP contribution in [0, 0.1) is 10.1 Å². The summed E-state index contributed by atoms with van der Waals surface area (Å²) < 4.78 is 65.5. The van der Waals surface area contributed by atoms with E-state index in [-0.39, 0.29) is 12.2 Å². The van der Waals surface area contributed by atoms with Crippen molar-refractivity contribution in [2.75, 3.05) is 6.61 Å². The van der Waals surface area contributed by atoms with E-state index in [1.807, 2.05) is 0 Å². The molecule has 6 nitrogen and oxygen atoms in total. The maximum atomic E-state index is 12.6. The Morgan fingerprint density at radius 3 is 2.48 bits per heavy atom. The molecule has 0 saturated heterocycles. The van der Waals surface area contributed by atoms with Crippen LogP contribution in [0.4, 0.5) is 18.9 Å². The van der Waals surface area contributed by atoms with Gasteiger partial charge in [0.1, 0.15) is 0 Å². The van der Waals surface area contributed by atoms with Gasteiger partial charge in [0.2, 0.25) is 0 Å². The topological polar surface area (TPSA) is 86.5 Å². The largest absolute Gasteiger partial charge is 0.501 e. The fourth-order valence-electron chi connectivity index (χ4n) is 1.35. The van der Waals surface area contributed by atoms with Crippen molar-refractivity contribution in [1.82, 2.24) is 0 Å². The molecule has 0 aliphatic carbocycles. The smallest absolute Gasteiger partial charge is 0.501 e. The summed E-state index contributed by atoms with van der Waals surface area (Å²) in [4.78, 5) is 8.41. The minimum atomic E-state index is -5.71. The van der Waals surface area contributed by atoms with Crippen molar-refractivity contribution in [1.29, 1.82) is 0 Å². The zero-order valence-corrected chi connectivity index (χ0v) is 11.4. The molecule has 0 saturated carbocycles. The first kappa shape index (κ1) is 17.0. The van der Waals surface area contributed by atoms with Crippen molar-refractivity contribution < 1.29 is 31.2 Å². The van der Waals surface area contributed by atoms with Crippen LogP contribution in [0.5, 0.6) is 0 Å². The van der Waals surface area contributed by atoms with Gasteiger partial charge in [-0.25, -0.2) is 8.42 Å². The first-order valence-corrected chi connectivity index (χ1v) is 6.97. The highest BCUT2D eigenvalue weighted by molar-refractivity contribution is 7.92. The predicted octanol–water partition coefficient (Wildman–Crippen LogP) is 2.90. The van der Waals surface area contributed by atoms with Gasteiger partial charge >= 0.3 is 5.51 Å². The number of sulfone groups is 1. The van der Waals surface area contributed by atoms with E-state index < -0.39 is 30.9 Å². The second kappa shape index (κ2) is 6.12. The molecule has 1 aromatic carbocycles. The minimum Gasteiger partial charge on any atom is -0.501 e. The number of nitrogens with zero attached hydrogens (tertiary/aromatic N) is 1. The number of ether oxygens (including phenoxy) is 1. The third-order valence-electron chi connectivity index (χ3n) is 2.31. The molecule has 21 heavy (non-hydrogen) atoms. The number of hydrogen-bond donors (Lipinski definition) is 0. The fraction of sp³-hybridized carbons (Fsp3) is 0.273. The standard InChI is InChI=1S/C11H10F3NO5S/c1-2-20-6-5-8-3-4-9(15(16)17)7-10(8)21(18,19)11(12,13)14/h3-7H,2H2,1H3/b6-5+. The molecule has 0 radical (unpaired) electrons. The van der Waals surface area contributed by atoms with E-state index in [2.05, 4.69) is 0 Å². The zero-order valence-electron chi connectivity index (χ0n) is 10.6. The lowest BCUT2D eigenvalue weighted by Crippen LogP contribution is -2.24. The van der Waals surface area contributed by atoms with Crippen molar-refractivity contribution in [2.45, 2.75) is 17.3 Å². The number of hydrogen-bond acceptors (Lipinski definition) is 5. The molecule has 116 valence electrons. The lowest BCUT2D eigenvalue weighted by atomic mass is 10.2. The van der Waals surface area contributed by atoms with Crippen LogP contribution in [-0.2, 0) is 14.6 Å². The van der Waals surface area contributed by atoms with Gasteiger partial charge in [-0.3, -0.25) is 10.1 Å². The summed E-state index contributed by atoms with van der Waals surface area (Å²) in [7, 11) is -5.71. The molecule has 0 N–H and O–H groups in total. The Balaban J connectivity index is 3.51. The molecule has 1 rings (SSSR count). The summed E-state index contributed by atoms with van der Waals surface area (Å²) in [5.41, 5.74) is -6.67. The van der Waals surface area contributed by atoms with Gasteiger partial charge in [0, 0.05) is 12.1 Å². The van der Waals surface area contributed by atoms with Crippen LogP contribution in [-0.4, -0.2) is 25.5 Å². The van der Waals surface area contributed by atoms with Crippen LogP contribution in [0.3, 0.4) is 0 Å². The first-order valence-electron chi connectivity index (χ1n) is 5.49. The van der Waals surface area contributed by atoms with Gasteiger partial charge < -0.3 is 4.74 Å². The van der Waals surface area contributed by atoms with E-state index in [9.17, 15) is 31.7 Å². The molecule has 0 bridgehead atoms. The Hall–Kier alpha value is -2.10. The maximum Gasteiger partial charge on any atom is 0.501 e. The molecule has 0 unspecified atom stereocenters. The highest BCUT2D eigenvalue weighted by atomic mass is 32.2. The van der Waals surface area contributed by atoms with Gasteiger partial charge in [-0.2, -0.15) is 13.2 Å². The summed E-state index contributed by atoms with van der Waals surface area (Å²) in [6, 6.07) is 2.18. The van der Waals surface area contributed by atoms with Gasteiger partial charge in [-0.1, -0.05) is 0 Å². The quantitative estimate of drug-likeness (QED) is 0.472. The highest BCUT2D eigenvalue weighted by Crippen LogP contribution is 2.34. The molecule has 0 fully saturated rings. The van der Waals surface area contributed by atoms with Gasteiger partial charge in [-0.15, -0.1) is 0 Å². The highest BCUT2D eigenvalue weighted by Gasteiger charge is 2.48. The molecule has 1 aromatic rings. The van der Waals surface area contributed by atoms with E-state index >= 15 is 0 Å². The average molecular weight is 325 g/mol. The third kappa shape index (κ3) is 3.72. The number of alkyl halides is 3. The number of benzene rings is 1. The molecule has 0 amide bonds. The number of halogens is 3. The van der Waals surface area contributed by atoms with Crippen LogP contribution in [0.25, 0.3) is 6.08 Å². The van der Waals surface area contributed by atoms with Crippen LogP contribution in [0.15, 0.2) is 29.4 Å². The summed E-state index contributed by atoms with van der Waals surface area (Å²) >= 11 is 0.